The number of hydrogen-bond acceptors (Lipinski definition) is 5. The topological polar surface area (TPSA) is 88.5 Å². The summed E-state index contributed by atoms with van der Waals surface area (Å²) in [4.78, 5) is 29.3. The highest BCUT2D eigenvalue weighted by Gasteiger charge is 2.62. The van der Waals surface area contributed by atoms with Crippen molar-refractivity contribution in [2.75, 3.05) is 13.2 Å². The van der Waals surface area contributed by atoms with Gasteiger partial charge in [0.25, 0.3) is 0 Å². The van der Waals surface area contributed by atoms with Crippen molar-refractivity contribution in [1.82, 2.24) is 10.3 Å². The summed E-state index contributed by atoms with van der Waals surface area (Å²) in [6.07, 6.45) is 11.1. The molecule has 1 heterocycles. The van der Waals surface area contributed by atoms with E-state index in [-0.39, 0.29) is 34.4 Å². The Hall–Kier alpha value is -2.47. The van der Waals surface area contributed by atoms with Gasteiger partial charge in [-0.3, -0.25) is 9.59 Å². The third-order valence-corrected chi connectivity index (χ3v) is 9.10. The van der Waals surface area contributed by atoms with Crippen LogP contribution in [0, 0.1) is 34.5 Å². The van der Waals surface area contributed by atoms with E-state index in [0.29, 0.717) is 37.3 Å². The van der Waals surface area contributed by atoms with Crippen LogP contribution in [0.25, 0.3) is 0 Å². The number of allylic oxidation sites excluding steroid dienone is 4. The average molecular weight is 451 g/mol. The van der Waals surface area contributed by atoms with Crippen molar-refractivity contribution in [1.29, 1.82) is 0 Å². The summed E-state index contributed by atoms with van der Waals surface area (Å²) in [5, 5.41) is 14.5. The lowest BCUT2D eigenvalue weighted by Gasteiger charge is -2.58. The highest BCUT2D eigenvalue weighted by molar-refractivity contribution is 6.01. The molecule has 0 aliphatic heterocycles. The smallest absolute Gasteiger partial charge is 0.223 e. The van der Waals surface area contributed by atoms with Crippen LogP contribution >= 0.6 is 0 Å². The normalized spacial score (nSPS) is 39.2. The van der Waals surface area contributed by atoms with Crippen LogP contribution < -0.4 is 10.1 Å². The van der Waals surface area contributed by atoms with Gasteiger partial charge in [0.15, 0.2) is 5.78 Å². The first-order valence-electron chi connectivity index (χ1n) is 12.3. The van der Waals surface area contributed by atoms with Crippen molar-refractivity contribution in [2.24, 2.45) is 34.5 Å². The summed E-state index contributed by atoms with van der Waals surface area (Å²) in [7, 11) is 0. The molecule has 4 aliphatic carbocycles. The monoisotopic (exact) mass is 450 g/mol. The number of carbonyl (C=O) groups is 2. The lowest BCUT2D eigenvalue weighted by atomic mass is 9.47. The molecular formula is C27H34N2O4. The number of hydrogen-bond donors (Lipinski definition) is 2. The van der Waals surface area contributed by atoms with Gasteiger partial charge in [-0.05, 0) is 67.6 Å². The molecule has 0 radical (unpaired) electrons. The molecule has 4 aliphatic rings. The summed E-state index contributed by atoms with van der Waals surface area (Å²) < 4.78 is 5.61. The number of nitrogens with one attached hydrogen (secondary N) is 1. The van der Waals surface area contributed by atoms with E-state index < -0.39 is 6.10 Å². The first-order chi connectivity index (χ1) is 15.8. The number of rotatable bonds is 5. The Balaban J connectivity index is 1.27. The minimum Gasteiger partial charge on any atom is -0.476 e. The zero-order valence-electron chi connectivity index (χ0n) is 19.5. The zero-order valence-corrected chi connectivity index (χ0v) is 19.5. The summed E-state index contributed by atoms with van der Waals surface area (Å²) in [5.41, 5.74) is 0.693. The Morgan fingerprint density at radius 3 is 2.91 bits per heavy atom. The van der Waals surface area contributed by atoms with Crippen LogP contribution in [0.5, 0.6) is 5.88 Å². The fraction of sp³-hybridized carbons (Fsp3) is 0.593. The third kappa shape index (κ3) is 3.72. The predicted octanol–water partition coefficient (Wildman–Crippen LogP) is 3.47. The molecule has 6 heteroatoms. The van der Waals surface area contributed by atoms with E-state index in [1.807, 2.05) is 18.2 Å². The quantitative estimate of drug-likeness (QED) is 0.671. The highest BCUT2D eigenvalue weighted by Crippen LogP contribution is 2.65. The predicted molar refractivity (Wildman–Crippen MR) is 124 cm³/mol. The highest BCUT2D eigenvalue weighted by atomic mass is 16.5. The molecule has 1 aromatic rings. The molecule has 5 rings (SSSR count). The molecule has 7 atom stereocenters. The zero-order chi connectivity index (χ0) is 23.2. The minimum absolute atomic E-state index is 0.0562. The fourth-order valence-corrected chi connectivity index (χ4v) is 7.64. The molecule has 7 unspecified atom stereocenters. The van der Waals surface area contributed by atoms with Gasteiger partial charge in [-0.25, -0.2) is 4.98 Å². The second kappa shape index (κ2) is 8.39. The minimum atomic E-state index is -0.483. The van der Waals surface area contributed by atoms with E-state index in [1.165, 1.54) is 5.57 Å². The Morgan fingerprint density at radius 2 is 2.12 bits per heavy atom. The SMILES string of the molecule is CC12C=CC(=O)C=C1CCC1C2C(O)CC2(C)C(C(=O)NCCOc3ccccn3)CCC12. The number of fused-ring (bicyclic) bond motifs is 5. The summed E-state index contributed by atoms with van der Waals surface area (Å²) in [5.74, 6) is 1.47. The molecular weight excluding hydrogens is 416 g/mol. The molecule has 0 bridgehead atoms. The van der Waals surface area contributed by atoms with Gasteiger partial charge in [0, 0.05) is 29.5 Å². The summed E-state index contributed by atoms with van der Waals surface area (Å²) >= 11 is 0. The Kier molecular flexibility index (Phi) is 5.68. The van der Waals surface area contributed by atoms with E-state index in [1.54, 1.807) is 24.4 Å². The first kappa shape index (κ1) is 22.3. The number of aliphatic hydroxyl groups is 1. The number of aliphatic hydroxyl groups excluding tert-OH is 1. The first-order valence-corrected chi connectivity index (χ1v) is 12.3. The molecule has 33 heavy (non-hydrogen) atoms. The number of pyridine rings is 1. The summed E-state index contributed by atoms with van der Waals surface area (Å²) in [6, 6.07) is 5.50. The maximum absolute atomic E-state index is 13.2. The maximum atomic E-state index is 13.2. The van der Waals surface area contributed by atoms with Crippen molar-refractivity contribution in [3.8, 4) is 5.88 Å². The number of ketones is 1. The van der Waals surface area contributed by atoms with E-state index in [0.717, 1.165) is 25.7 Å². The van der Waals surface area contributed by atoms with Gasteiger partial charge in [-0.1, -0.05) is 31.6 Å². The molecule has 0 aromatic carbocycles. The van der Waals surface area contributed by atoms with Crippen molar-refractivity contribution in [3.63, 3.8) is 0 Å². The molecule has 3 saturated carbocycles. The van der Waals surface area contributed by atoms with Gasteiger partial charge < -0.3 is 15.2 Å². The van der Waals surface area contributed by atoms with Crippen molar-refractivity contribution >= 4 is 11.7 Å². The summed E-state index contributed by atoms with van der Waals surface area (Å²) in [6.45, 7) is 5.21. The second-order valence-electron chi connectivity index (χ2n) is 10.7. The maximum Gasteiger partial charge on any atom is 0.223 e. The van der Waals surface area contributed by atoms with Gasteiger partial charge in [0.05, 0.1) is 12.6 Å². The fourth-order valence-electron chi connectivity index (χ4n) is 7.64. The molecule has 0 spiro atoms. The van der Waals surface area contributed by atoms with Crippen molar-refractivity contribution < 1.29 is 19.4 Å². The van der Waals surface area contributed by atoms with Crippen LogP contribution in [0.4, 0.5) is 0 Å². The Morgan fingerprint density at radius 1 is 1.27 bits per heavy atom. The standard InChI is InChI=1S/C27H34N2O4/c1-26-11-10-18(30)15-17(26)6-7-19-20-8-9-21(27(20,2)16-22(31)24(19)26)25(32)29-13-14-33-23-5-3-4-12-28-23/h3-5,10-12,15,19-22,24,31H,6-9,13-14,16H2,1-2H3,(H,29,32). The Labute approximate surface area is 195 Å². The van der Waals surface area contributed by atoms with Crippen molar-refractivity contribution in [2.45, 2.75) is 52.1 Å². The van der Waals surface area contributed by atoms with E-state index in [4.69, 9.17) is 4.74 Å². The van der Waals surface area contributed by atoms with Crippen molar-refractivity contribution in [3.05, 3.63) is 48.2 Å². The van der Waals surface area contributed by atoms with Crippen LogP contribution in [0.2, 0.25) is 0 Å². The lowest BCUT2D eigenvalue weighted by Crippen LogP contribution is -2.57. The number of amides is 1. The number of aromatic nitrogens is 1. The van der Waals surface area contributed by atoms with Gasteiger partial charge in [0.2, 0.25) is 11.8 Å². The molecule has 3 fully saturated rings. The molecule has 1 amide bonds. The molecule has 1 aromatic heterocycles. The Bertz CT molecular complexity index is 989. The molecule has 2 N–H and O–H groups in total. The van der Waals surface area contributed by atoms with Gasteiger partial charge in [0.1, 0.15) is 6.61 Å². The third-order valence-electron chi connectivity index (χ3n) is 9.10. The largest absolute Gasteiger partial charge is 0.476 e. The number of ether oxygens (including phenoxy) is 1. The molecule has 0 saturated heterocycles. The lowest BCUT2D eigenvalue weighted by molar-refractivity contribution is -0.140. The molecule has 176 valence electrons. The van der Waals surface area contributed by atoms with Crippen LogP contribution in [0.3, 0.4) is 0 Å². The van der Waals surface area contributed by atoms with E-state index in [9.17, 15) is 14.7 Å². The average Bonchev–Trinajstić information content (AvgIpc) is 3.14. The van der Waals surface area contributed by atoms with Crippen LogP contribution in [-0.4, -0.2) is 41.0 Å². The van der Waals surface area contributed by atoms with Gasteiger partial charge in [-0.15, -0.1) is 0 Å². The number of carbonyl (C=O) groups excluding carboxylic acids is 2. The van der Waals surface area contributed by atoms with E-state index in [2.05, 4.69) is 24.1 Å². The second-order valence-corrected chi connectivity index (χ2v) is 10.7. The van der Waals surface area contributed by atoms with Crippen LogP contribution in [0.1, 0.15) is 46.0 Å². The van der Waals surface area contributed by atoms with E-state index >= 15 is 0 Å². The van der Waals surface area contributed by atoms with Gasteiger partial charge in [-0.2, -0.15) is 0 Å². The molecule has 6 nitrogen and oxygen atoms in total. The van der Waals surface area contributed by atoms with Crippen LogP contribution in [-0.2, 0) is 9.59 Å². The number of nitrogens with zero attached hydrogens (tertiary/aromatic N) is 1. The van der Waals surface area contributed by atoms with Crippen LogP contribution in [0.15, 0.2) is 48.2 Å². The van der Waals surface area contributed by atoms with Gasteiger partial charge >= 0.3 is 0 Å².